The van der Waals surface area contributed by atoms with Crippen molar-refractivity contribution in [2.24, 2.45) is 5.10 Å². The van der Waals surface area contributed by atoms with E-state index in [0.717, 1.165) is 5.56 Å². The van der Waals surface area contributed by atoms with E-state index >= 15 is 0 Å². The van der Waals surface area contributed by atoms with Crippen LogP contribution in [0.2, 0.25) is 0 Å². The number of methoxy groups -OCH3 is 1. The summed E-state index contributed by atoms with van der Waals surface area (Å²) in [5.41, 5.74) is 4.56. The quantitative estimate of drug-likeness (QED) is 0.471. The molecule has 0 spiro atoms. The van der Waals surface area contributed by atoms with Crippen molar-refractivity contribution < 1.29 is 9.47 Å². The number of benzene rings is 1. The number of ether oxygens (including phenoxy) is 2. The summed E-state index contributed by atoms with van der Waals surface area (Å²) >= 11 is 0. The van der Waals surface area contributed by atoms with E-state index in [2.05, 4.69) is 37.7 Å². The third-order valence-corrected chi connectivity index (χ3v) is 2.23. The Morgan fingerprint density at radius 2 is 2.35 bits per heavy atom. The molecule has 8 nitrogen and oxygen atoms in total. The summed E-state index contributed by atoms with van der Waals surface area (Å²) in [6, 6.07) is 5.40. The molecule has 0 saturated carbocycles. The lowest BCUT2D eigenvalue weighted by Gasteiger charge is -2.09. The summed E-state index contributed by atoms with van der Waals surface area (Å²) in [4.78, 5) is 0. The van der Waals surface area contributed by atoms with Crippen molar-refractivity contribution in [1.82, 2.24) is 20.6 Å². The molecule has 1 N–H and O–H groups in total. The Hall–Kier alpha value is -2.90. The number of tetrazole rings is 1. The van der Waals surface area contributed by atoms with Gasteiger partial charge in [-0.05, 0) is 23.8 Å². The number of aromatic nitrogens is 4. The number of rotatable bonds is 7. The van der Waals surface area contributed by atoms with Crippen molar-refractivity contribution in [2.45, 2.75) is 0 Å². The Morgan fingerprint density at radius 1 is 1.45 bits per heavy atom. The molecule has 20 heavy (non-hydrogen) atoms. The SMILES string of the molecule is C=CCOc1ccc(C=N[N-]c2nn[nH]n2)cc1OC. The number of nitrogens with one attached hydrogen (secondary N) is 1. The van der Waals surface area contributed by atoms with Gasteiger partial charge in [0.05, 0.1) is 13.1 Å². The average Bonchev–Trinajstić information content (AvgIpc) is 2.99. The first kappa shape index (κ1) is 13.5. The van der Waals surface area contributed by atoms with E-state index in [1.807, 2.05) is 6.07 Å². The van der Waals surface area contributed by atoms with Crippen LogP contribution in [0.4, 0.5) is 5.95 Å². The number of nitrogens with zero attached hydrogens (tertiary/aromatic N) is 5. The largest absolute Gasteiger partial charge is 0.493 e. The van der Waals surface area contributed by atoms with E-state index < -0.39 is 0 Å². The summed E-state index contributed by atoms with van der Waals surface area (Å²) in [6.07, 6.45) is 3.22. The summed E-state index contributed by atoms with van der Waals surface area (Å²) in [6.45, 7) is 4.01. The molecular formula is C12H13N6O2-. The van der Waals surface area contributed by atoms with E-state index in [0.29, 0.717) is 18.1 Å². The smallest absolute Gasteiger partial charge is 0.161 e. The predicted octanol–water partition coefficient (Wildman–Crippen LogP) is 1.81. The monoisotopic (exact) mass is 273 g/mol. The number of hydrogen-bond donors (Lipinski definition) is 1. The van der Waals surface area contributed by atoms with Crippen molar-refractivity contribution >= 4 is 12.2 Å². The van der Waals surface area contributed by atoms with Crippen LogP contribution in [0.15, 0.2) is 36.0 Å². The first-order chi connectivity index (χ1) is 9.83. The Morgan fingerprint density at radius 3 is 3.05 bits per heavy atom. The maximum absolute atomic E-state index is 5.45. The van der Waals surface area contributed by atoms with Gasteiger partial charge in [-0.3, -0.25) is 20.8 Å². The van der Waals surface area contributed by atoms with Gasteiger partial charge < -0.3 is 9.47 Å². The van der Waals surface area contributed by atoms with Crippen LogP contribution in [0.25, 0.3) is 5.43 Å². The van der Waals surface area contributed by atoms with E-state index in [9.17, 15) is 0 Å². The molecule has 8 heteroatoms. The zero-order valence-electron chi connectivity index (χ0n) is 10.9. The van der Waals surface area contributed by atoms with Gasteiger partial charge in [-0.15, -0.1) is 5.21 Å². The number of aromatic amines is 1. The topological polar surface area (TPSA) is 99.4 Å². The van der Waals surface area contributed by atoms with Crippen LogP contribution in [-0.4, -0.2) is 40.6 Å². The minimum absolute atomic E-state index is 0.166. The second-order valence-corrected chi connectivity index (χ2v) is 3.57. The van der Waals surface area contributed by atoms with Gasteiger partial charge in [-0.1, -0.05) is 12.7 Å². The second-order valence-electron chi connectivity index (χ2n) is 3.57. The molecule has 0 unspecified atom stereocenters. The third kappa shape index (κ3) is 3.55. The van der Waals surface area contributed by atoms with Crippen molar-refractivity contribution in [3.05, 3.63) is 41.8 Å². The van der Waals surface area contributed by atoms with Gasteiger partial charge in [0.1, 0.15) is 6.61 Å². The molecule has 2 rings (SSSR count). The first-order valence-corrected chi connectivity index (χ1v) is 5.72. The van der Waals surface area contributed by atoms with Crippen LogP contribution in [0.5, 0.6) is 11.5 Å². The average molecular weight is 273 g/mol. The van der Waals surface area contributed by atoms with Crippen LogP contribution in [0.1, 0.15) is 5.56 Å². The fraction of sp³-hybridized carbons (Fsp3) is 0.167. The van der Waals surface area contributed by atoms with Gasteiger partial charge in [0, 0.05) is 6.21 Å². The highest BCUT2D eigenvalue weighted by atomic mass is 16.5. The lowest BCUT2D eigenvalue weighted by atomic mass is 10.2. The molecule has 0 radical (unpaired) electrons. The highest BCUT2D eigenvalue weighted by Gasteiger charge is 2.03. The maximum atomic E-state index is 5.45. The van der Waals surface area contributed by atoms with Crippen LogP contribution in [-0.2, 0) is 0 Å². The molecule has 0 atom stereocenters. The predicted molar refractivity (Wildman–Crippen MR) is 73.5 cm³/mol. The Balaban J connectivity index is 2.04. The van der Waals surface area contributed by atoms with E-state index in [-0.39, 0.29) is 5.95 Å². The summed E-state index contributed by atoms with van der Waals surface area (Å²) < 4.78 is 10.7. The molecular weight excluding hydrogens is 260 g/mol. The lowest BCUT2D eigenvalue weighted by Crippen LogP contribution is -1.97. The van der Waals surface area contributed by atoms with Gasteiger partial charge in [0.15, 0.2) is 11.5 Å². The third-order valence-electron chi connectivity index (χ3n) is 2.23. The normalized spacial score (nSPS) is 10.4. The summed E-state index contributed by atoms with van der Waals surface area (Å²) in [5.74, 6) is 1.41. The van der Waals surface area contributed by atoms with Gasteiger partial charge in [-0.2, -0.15) is 0 Å². The summed E-state index contributed by atoms with van der Waals surface area (Å²) in [7, 11) is 1.57. The fourth-order valence-electron chi connectivity index (χ4n) is 1.38. The highest BCUT2D eigenvalue weighted by Crippen LogP contribution is 2.27. The van der Waals surface area contributed by atoms with Gasteiger partial charge in [0.25, 0.3) is 0 Å². The molecule has 104 valence electrons. The van der Waals surface area contributed by atoms with Crippen LogP contribution in [0.3, 0.4) is 0 Å². The van der Waals surface area contributed by atoms with Crippen molar-refractivity contribution in [3.8, 4) is 11.5 Å². The maximum Gasteiger partial charge on any atom is 0.161 e. The molecule has 0 amide bonds. The van der Waals surface area contributed by atoms with E-state index in [1.165, 1.54) is 0 Å². The molecule has 0 bridgehead atoms. The number of hydrogen-bond acceptors (Lipinski definition) is 6. The molecule has 0 saturated heterocycles. The van der Waals surface area contributed by atoms with Crippen molar-refractivity contribution in [1.29, 1.82) is 0 Å². The van der Waals surface area contributed by atoms with Crippen molar-refractivity contribution in [3.63, 3.8) is 0 Å². The zero-order valence-corrected chi connectivity index (χ0v) is 10.9. The van der Waals surface area contributed by atoms with Gasteiger partial charge >= 0.3 is 0 Å². The van der Waals surface area contributed by atoms with Crippen LogP contribution < -0.4 is 9.47 Å². The minimum atomic E-state index is 0.166. The molecule has 2 aromatic rings. The highest BCUT2D eigenvalue weighted by molar-refractivity contribution is 5.81. The molecule has 1 aromatic heterocycles. The molecule has 1 aromatic carbocycles. The Labute approximate surface area is 115 Å². The Bertz CT molecular complexity index is 582. The Kier molecular flexibility index (Phi) is 4.65. The van der Waals surface area contributed by atoms with Gasteiger partial charge in [0.2, 0.25) is 0 Å². The minimum Gasteiger partial charge on any atom is -0.493 e. The van der Waals surface area contributed by atoms with E-state index in [4.69, 9.17) is 9.47 Å². The van der Waals surface area contributed by atoms with Crippen molar-refractivity contribution in [2.75, 3.05) is 13.7 Å². The lowest BCUT2D eigenvalue weighted by molar-refractivity contribution is 0.326. The fourth-order valence-corrected chi connectivity index (χ4v) is 1.38. The summed E-state index contributed by atoms with van der Waals surface area (Å²) in [5, 5.41) is 16.8. The molecule has 0 fully saturated rings. The molecule has 1 heterocycles. The second kappa shape index (κ2) is 6.88. The molecule has 0 aliphatic carbocycles. The molecule has 0 aliphatic rings. The standard InChI is InChI=1S/C12H13N6O2/c1-3-6-20-10-5-4-9(7-11(10)19-2)8-13-14-12-15-17-18-16-12/h3-5,7-8H,1,6H2,2H3,(H-,14,15,16,17,18)/q-1. The van der Waals surface area contributed by atoms with Crippen LogP contribution >= 0.6 is 0 Å². The number of H-pyrrole nitrogens is 1. The van der Waals surface area contributed by atoms with Crippen LogP contribution in [0, 0.1) is 0 Å². The van der Waals surface area contributed by atoms with E-state index in [1.54, 1.807) is 31.5 Å². The first-order valence-electron chi connectivity index (χ1n) is 5.72. The van der Waals surface area contributed by atoms with Gasteiger partial charge in [-0.25, -0.2) is 5.10 Å². The molecule has 0 aliphatic heterocycles. The zero-order chi connectivity index (χ0) is 14.2.